The number of hydrogen-bond acceptors (Lipinski definition) is 2. The minimum atomic E-state index is 0.786. The average molecular weight is 294 g/mol. The second-order valence-electron chi connectivity index (χ2n) is 4.17. The number of rotatable bonds is 3. The van der Waals surface area contributed by atoms with Crippen molar-refractivity contribution in [2.45, 2.75) is 20.4 Å². The quantitative estimate of drug-likeness (QED) is 0.940. The Morgan fingerprint density at radius 3 is 2.76 bits per heavy atom. The molecule has 1 N–H and O–H groups in total. The van der Waals surface area contributed by atoms with Crippen molar-refractivity contribution < 1.29 is 0 Å². The maximum Gasteiger partial charge on any atom is 0.0597 e. The predicted octanol–water partition coefficient (Wildman–Crippen LogP) is 3.41. The van der Waals surface area contributed by atoms with Gasteiger partial charge in [0.25, 0.3) is 0 Å². The van der Waals surface area contributed by atoms with Crippen LogP contribution in [0.3, 0.4) is 0 Å². The summed E-state index contributed by atoms with van der Waals surface area (Å²) in [5.41, 5.74) is 4.61. The molecular formula is C13H16BrN3. The predicted molar refractivity (Wildman–Crippen MR) is 74.2 cm³/mol. The summed E-state index contributed by atoms with van der Waals surface area (Å²) in [6.45, 7) is 4.89. The molecule has 0 aliphatic rings. The molecule has 0 saturated carbocycles. The van der Waals surface area contributed by atoms with Gasteiger partial charge in [-0.1, -0.05) is 22.0 Å². The molecule has 0 saturated heterocycles. The number of nitrogens with one attached hydrogen (secondary N) is 1. The van der Waals surface area contributed by atoms with Gasteiger partial charge >= 0.3 is 0 Å². The van der Waals surface area contributed by atoms with Crippen LogP contribution >= 0.6 is 15.9 Å². The van der Waals surface area contributed by atoms with E-state index in [9.17, 15) is 0 Å². The van der Waals surface area contributed by atoms with Crippen LogP contribution in [0.25, 0.3) is 0 Å². The molecular weight excluding hydrogens is 278 g/mol. The molecule has 0 aliphatic carbocycles. The highest BCUT2D eigenvalue weighted by Crippen LogP contribution is 2.23. The van der Waals surface area contributed by atoms with E-state index in [1.807, 2.05) is 24.7 Å². The maximum atomic E-state index is 4.33. The van der Waals surface area contributed by atoms with E-state index < -0.39 is 0 Å². The van der Waals surface area contributed by atoms with Gasteiger partial charge in [-0.25, -0.2) is 0 Å². The normalized spacial score (nSPS) is 10.6. The van der Waals surface area contributed by atoms with E-state index in [0.717, 1.165) is 22.4 Å². The summed E-state index contributed by atoms with van der Waals surface area (Å²) in [6, 6.07) is 8.27. The molecule has 2 rings (SSSR count). The molecule has 0 bridgehead atoms. The summed E-state index contributed by atoms with van der Waals surface area (Å²) in [4.78, 5) is 0. The SMILES string of the molecule is Cc1cc(CNc2cccc(Br)c2C)n(C)n1. The van der Waals surface area contributed by atoms with Crippen molar-refractivity contribution in [1.82, 2.24) is 9.78 Å². The number of aromatic nitrogens is 2. The van der Waals surface area contributed by atoms with Gasteiger partial charge in [-0.3, -0.25) is 4.68 Å². The Hall–Kier alpha value is -1.29. The Morgan fingerprint density at radius 2 is 2.12 bits per heavy atom. The van der Waals surface area contributed by atoms with Gasteiger partial charge in [-0.2, -0.15) is 5.10 Å². The fraction of sp³-hybridized carbons (Fsp3) is 0.308. The van der Waals surface area contributed by atoms with Crippen molar-refractivity contribution in [3.8, 4) is 0 Å². The van der Waals surface area contributed by atoms with Gasteiger partial charge in [0, 0.05) is 17.2 Å². The Kier molecular flexibility index (Phi) is 3.52. The molecule has 0 aliphatic heterocycles. The molecule has 17 heavy (non-hydrogen) atoms. The number of hydrogen-bond donors (Lipinski definition) is 1. The number of halogens is 1. The van der Waals surface area contributed by atoms with Gasteiger partial charge < -0.3 is 5.32 Å². The monoisotopic (exact) mass is 293 g/mol. The standard InChI is InChI=1S/C13H16BrN3/c1-9-7-11(17(3)16-9)8-15-13-6-4-5-12(14)10(13)2/h4-7,15H,8H2,1-3H3. The van der Waals surface area contributed by atoms with Crippen LogP contribution in [-0.4, -0.2) is 9.78 Å². The lowest BCUT2D eigenvalue weighted by Gasteiger charge is -2.10. The van der Waals surface area contributed by atoms with Gasteiger partial charge in [0.05, 0.1) is 17.9 Å². The fourth-order valence-corrected chi connectivity index (χ4v) is 2.18. The van der Waals surface area contributed by atoms with E-state index in [2.05, 4.69) is 51.5 Å². The zero-order valence-corrected chi connectivity index (χ0v) is 11.9. The van der Waals surface area contributed by atoms with Gasteiger partial charge in [0.2, 0.25) is 0 Å². The number of aryl methyl sites for hydroxylation is 2. The molecule has 1 aromatic heterocycles. The lowest BCUT2D eigenvalue weighted by atomic mass is 10.2. The highest BCUT2D eigenvalue weighted by molar-refractivity contribution is 9.10. The van der Waals surface area contributed by atoms with Gasteiger partial charge in [-0.05, 0) is 37.6 Å². The van der Waals surface area contributed by atoms with Crippen molar-refractivity contribution in [2.75, 3.05) is 5.32 Å². The molecule has 0 atom stereocenters. The zero-order chi connectivity index (χ0) is 12.4. The highest BCUT2D eigenvalue weighted by Gasteiger charge is 2.04. The smallest absolute Gasteiger partial charge is 0.0597 e. The summed E-state index contributed by atoms with van der Waals surface area (Å²) in [5.74, 6) is 0. The van der Waals surface area contributed by atoms with Crippen LogP contribution in [0.2, 0.25) is 0 Å². The maximum absolute atomic E-state index is 4.33. The van der Waals surface area contributed by atoms with Crippen LogP contribution in [0.15, 0.2) is 28.7 Å². The Bertz CT molecular complexity index is 531. The largest absolute Gasteiger partial charge is 0.379 e. The van der Waals surface area contributed by atoms with Crippen LogP contribution in [-0.2, 0) is 13.6 Å². The molecule has 0 fully saturated rings. The van der Waals surface area contributed by atoms with Crippen LogP contribution in [0.1, 0.15) is 17.0 Å². The molecule has 0 unspecified atom stereocenters. The first-order valence-electron chi connectivity index (χ1n) is 5.56. The van der Waals surface area contributed by atoms with E-state index >= 15 is 0 Å². The third-order valence-corrected chi connectivity index (χ3v) is 3.69. The lowest BCUT2D eigenvalue weighted by molar-refractivity contribution is 0.713. The third kappa shape index (κ3) is 2.69. The van der Waals surface area contributed by atoms with E-state index in [1.54, 1.807) is 0 Å². The molecule has 0 amide bonds. The van der Waals surface area contributed by atoms with Crippen LogP contribution in [0, 0.1) is 13.8 Å². The summed E-state index contributed by atoms with van der Waals surface area (Å²) >= 11 is 3.53. The van der Waals surface area contributed by atoms with E-state index in [0.29, 0.717) is 0 Å². The number of anilines is 1. The van der Waals surface area contributed by atoms with Crippen molar-refractivity contribution >= 4 is 21.6 Å². The highest BCUT2D eigenvalue weighted by atomic mass is 79.9. The van der Waals surface area contributed by atoms with Gasteiger partial charge in [0.15, 0.2) is 0 Å². The summed E-state index contributed by atoms with van der Waals surface area (Å²) in [5, 5.41) is 7.76. The van der Waals surface area contributed by atoms with Crippen LogP contribution in [0.4, 0.5) is 5.69 Å². The van der Waals surface area contributed by atoms with Crippen molar-refractivity contribution in [3.63, 3.8) is 0 Å². The molecule has 3 nitrogen and oxygen atoms in total. The zero-order valence-electron chi connectivity index (χ0n) is 10.3. The van der Waals surface area contributed by atoms with Crippen molar-refractivity contribution in [1.29, 1.82) is 0 Å². The fourth-order valence-electron chi connectivity index (χ4n) is 1.81. The topological polar surface area (TPSA) is 29.9 Å². The molecule has 0 spiro atoms. The number of nitrogens with zero attached hydrogens (tertiary/aromatic N) is 2. The molecule has 90 valence electrons. The molecule has 2 aromatic rings. The van der Waals surface area contributed by atoms with E-state index in [4.69, 9.17) is 0 Å². The lowest BCUT2D eigenvalue weighted by Crippen LogP contribution is -2.06. The Balaban J connectivity index is 2.12. The average Bonchev–Trinajstić information content (AvgIpc) is 2.60. The molecule has 0 radical (unpaired) electrons. The van der Waals surface area contributed by atoms with E-state index in [1.165, 1.54) is 11.3 Å². The molecule has 1 aromatic carbocycles. The van der Waals surface area contributed by atoms with E-state index in [-0.39, 0.29) is 0 Å². The van der Waals surface area contributed by atoms with Gasteiger partial charge in [0.1, 0.15) is 0 Å². The second-order valence-corrected chi connectivity index (χ2v) is 5.02. The number of benzene rings is 1. The summed E-state index contributed by atoms with van der Waals surface area (Å²) < 4.78 is 3.04. The van der Waals surface area contributed by atoms with Crippen LogP contribution < -0.4 is 5.32 Å². The molecule has 4 heteroatoms. The Labute approximate surface area is 110 Å². The first kappa shape index (κ1) is 12.2. The minimum Gasteiger partial charge on any atom is -0.379 e. The van der Waals surface area contributed by atoms with Crippen LogP contribution in [0.5, 0.6) is 0 Å². The van der Waals surface area contributed by atoms with Crippen molar-refractivity contribution in [2.24, 2.45) is 7.05 Å². The van der Waals surface area contributed by atoms with Crippen molar-refractivity contribution in [3.05, 3.63) is 45.7 Å². The molecule has 1 heterocycles. The minimum absolute atomic E-state index is 0.786. The Morgan fingerprint density at radius 1 is 1.35 bits per heavy atom. The second kappa shape index (κ2) is 4.92. The summed E-state index contributed by atoms with van der Waals surface area (Å²) in [6.07, 6.45) is 0. The third-order valence-electron chi connectivity index (χ3n) is 2.83. The first-order valence-corrected chi connectivity index (χ1v) is 6.35. The summed E-state index contributed by atoms with van der Waals surface area (Å²) in [7, 11) is 1.97. The van der Waals surface area contributed by atoms with Gasteiger partial charge in [-0.15, -0.1) is 0 Å². The first-order chi connectivity index (χ1) is 8.08.